The van der Waals surface area contributed by atoms with Crippen LogP contribution in [0, 0.1) is 5.92 Å². The van der Waals surface area contributed by atoms with Crippen LogP contribution in [0.1, 0.15) is 31.1 Å². The van der Waals surface area contributed by atoms with Gasteiger partial charge in [0.2, 0.25) is 0 Å². The van der Waals surface area contributed by atoms with E-state index in [-0.39, 0.29) is 5.92 Å². The van der Waals surface area contributed by atoms with Crippen LogP contribution in [0.4, 0.5) is 0 Å². The first-order valence-electron chi connectivity index (χ1n) is 6.25. The molecule has 0 radical (unpaired) electrons. The summed E-state index contributed by atoms with van der Waals surface area (Å²) in [6.07, 6.45) is 3.45. The molecule has 19 heavy (non-hydrogen) atoms. The summed E-state index contributed by atoms with van der Waals surface area (Å²) in [6, 6.07) is 7.37. The first-order chi connectivity index (χ1) is 8.97. The molecule has 0 spiro atoms. The van der Waals surface area contributed by atoms with Gasteiger partial charge in [0.1, 0.15) is 0 Å². The molecule has 1 aromatic carbocycles. The molecule has 1 aromatic heterocycles. The lowest BCUT2D eigenvalue weighted by molar-refractivity contribution is 0.127. The second-order valence-corrected chi connectivity index (χ2v) is 5.89. The fraction of sp³-hybridized carbons (Fsp3) is 0.333. The maximum atomic E-state index is 10.0. The van der Waals surface area contributed by atoms with Gasteiger partial charge in [-0.15, -0.1) is 0 Å². The van der Waals surface area contributed by atoms with Gasteiger partial charge in [-0.2, -0.15) is 0 Å². The van der Waals surface area contributed by atoms with Gasteiger partial charge in [0.05, 0.1) is 6.10 Å². The maximum absolute atomic E-state index is 10.0. The van der Waals surface area contributed by atoms with E-state index < -0.39 is 6.10 Å². The van der Waals surface area contributed by atoms with Crippen LogP contribution in [0.2, 0.25) is 10.0 Å². The van der Waals surface area contributed by atoms with Crippen LogP contribution in [0.25, 0.3) is 0 Å². The molecule has 1 unspecified atom stereocenters. The van der Waals surface area contributed by atoms with E-state index in [1.54, 1.807) is 12.1 Å². The van der Waals surface area contributed by atoms with Crippen LogP contribution in [-0.4, -0.2) is 9.67 Å². The van der Waals surface area contributed by atoms with E-state index in [4.69, 9.17) is 23.2 Å². The smallest absolute Gasteiger partial charge is 0.0827 e. The largest absolute Gasteiger partial charge is 0.388 e. The van der Waals surface area contributed by atoms with Crippen LogP contribution >= 0.6 is 23.2 Å². The van der Waals surface area contributed by atoms with Crippen LogP contribution in [0.15, 0.2) is 36.7 Å². The predicted molar refractivity (Wildman–Crippen MR) is 79.8 cm³/mol. The molecule has 1 heterocycles. The van der Waals surface area contributed by atoms with Crippen molar-refractivity contribution >= 4 is 23.2 Å². The van der Waals surface area contributed by atoms with Gasteiger partial charge in [0.15, 0.2) is 0 Å². The normalized spacial score (nSPS) is 12.9. The van der Waals surface area contributed by atoms with Crippen molar-refractivity contribution in [3.8, 4) is 0 Å². The van der Waals surface area contributed by atoms with Crippen molar-refractivity contribution < 1.29 is 5.11 Å². The van der Waals surface area contributed by atoms with Crippen LogP contribution < -0.4 is 0 Å². The van der Waals surface area contributed by atoms with Crippen molar-refractivity contribution in [2.45, 2.75) is 26.5 Å². The monoisotopic (exact) mass is 297 g/mol. The Morgan fingerprint density at radius 1 is 1.21 bits per heavy atom. The number of rotatable bonds is 4. The van der Waals surface area contributed by atoms with Gasteiger partial charge in [0, 0.05) is 29.0 Å². The number of nitrogens with zero attached hydrogens (tertiary/aromatic N) is 1. The summed E-state index contributed by atoms with van der Waals surface area (Å²) >= 11 is 12.1. The Hall–Kier alpha value is -0.960. The minimum atomic E-state index is -0.434. The number of aromatic nitrogens is 1. The summed E-state index contributed by atoms with van der Waals surface area (Å²) in [6.45, 7) is 4.63. The Labute approximate surface area is 123 Å². The van der Waals surface area contributed by atoms with E-state index in [1.807, 2.05) is 42.9 Å². The molecule has 102 valence electrons. The second-order valence-electron chi connectivity index (χ2n) is 5.04. The number of benzene rings is 1. The quantitative estimate of drug-likeness (QED) is 0.881. The minimum Gasteiger partial charge on any atom is -0.388 e. The third-order valence-corrected chi connectivity index (χ3v) is 3.71. The fourth-order valence-corrected chi connectivity index (χ4v) is 2.35. The summed E-state index contributed by atoms with van der Waals surface area (Å²) in [4.78, 5) is 0. The molecule has 2 nitrogen and oxygen atoms in total. The van der Waals surface area contributed by atoms with Crippen molar-refractivity contribution in [1.29, 1.82) is 0 Å². The number of hydrogen-bond acceptors (Lipinski definition) is 1. The van der Waals surface area contributed by atoms with Crippen LogP contribution in [0.5, 0.6) is 0 Å². The summed E-state index contributed by atoms with van der Waals surface area (Å²) in [7, 11) is 0. The highest BCUT2D eigenvalue weighted by Gasteiger charge is 2.13. The zero-order valence-corrected chi connectivity index (χ0v) is 12.5. The van der Waals surface area contributed by atoms with Crippen molar-refractivity contribution in [2.75, 3.05) is 0 Å². The molecule has 0 aliphatic heterocycles. The first-order valence-corrected chi connectivity index (χ1v) is 7.00. The maximum Gasteiger partial charge on any atom is 0.0827 e. The Balaban J connectivity index is 2.18. The highest BCUT2D eigenvalue weighted by Crippen LogP contribution is 2.24. The van der Waals surface area contributed by atoms with E-state index in [0.717, 1.165) is 11.1 Å². The van der Waals surface area contributed by atoms with E-state index in [1.165, 1.54) is 0 Å². The molecule has 1 atom stereocenters. The first kappa shape index (κ1) is 14.4. The Kier molecular flexibility index (Phi) is 4.56. The van der Waals surface area contributed by atoms with Crippen LogP contribution in [-0.2, 0) is 6.54 Å². The van der Waals surface area contributed by atoms with E-state index >= 15 is 0 Å². The molecule has 0 amide bonds. The molecule has 0 aliphatic rings. The number of halogens is 2. The summed E-state index contributed by atoms with van der Waals surface area (Å²) in [5.74, 6) is 0.200. The summed E-state index contributed by atoms with van der Waals surface area (Å²) < 4.78 is 2.00. The molecule has 2 rings (SSSR count). The SMILES string of the molecule is CC(C)C(O)c1ccn(Cc2cc(Cl)ccc2Cl)c1. The lowest BCUT2D eigenvalue weighted by atomic mass is 10.0. The third-order valence-electron chi connectivity index (χ3n) is 3.11. The molecular weight excluding hydrogens is 281 g/mol. The Morgan fingerprint density at radius 3 is 2.63 bits per heavy atom. The zero-order valence-electron chi connectivity index (χ0n) is 11.0. The summed E-state index contributed by atoms with van der Waals surface area (Å²) in [5.41, 5.74) is 1.89. The molecule has 2 aromatic rings. The predicted octanol–water partition coefficient (Wildman–Crippen LogP) is 4.53. The number of hydrogen-bond donors (Lipinski definition) is 1. The standard InChI is InChI=1S/C15H17Cl2NO/c1-10(2)15(19)11-5-6-18(8-11)9-12-7-13(16)3-4-14(12)17/h3-8,10,15,19H,9H2,1-2H3. The second kappa shape index (κ2) is 6.00. The topological polar surface area (TPSA) is 25.2 Å². The number of aliphatic hydroxyl groups is 1. The van der Waals surface area contributed by atoms with Gasteiger partial charge in [-0.25, -0.2) is 0 Å². The average Bonchev–Trinajstić information content (AvgIpc) is 2.81. The van der Waals surface area contributed by atoms with Gasteiger partial charge < -0.3 is 9.67 Å². The van der Waals surface area contributed by atoms with E-state index in [2.05, 4.69) is 0 Å². The number of aliphatic hydroxyl groups excluding tert-OH is 1. The van der Waals surface area contributed by atoms with Crippen LogP contribution in [0.3, 0.4) is 0 Å². The van der Waals surface area contributed by atoms with Gasteiger partial charge in [-0.3, -0.25) is 0 Å². The molecule has 1 N–H and O–H groups in total. The Bertz CT molecular complexity index is 563. The average molecular weight is 298 g/mol. The molecule has 0 fully saturated rings. The van der Waals surface area contributed by atoms with Crippen molar-refractivity contribution in [2.24, 2.45) is 5.92 Å². The van der Waals surface area contributed by atoms with Crippen molar-refractivity contribution in [3.05, 3.63) is 57.8 Å². The lowest BCUT2D eigenvalue weighted by Gasteiger charge is -2.12. The van der Waals surface area contributed by atoms with Gasteiger partial charge in [0.25, 0.3) is 0 Å². The fourth-order valence-electron chi connectivity index (χ4n) is 1.98. The van der Waals surface area contributed by atoms with Gasteiger partial charge >= 0.3 is 0 Å². The van der Waals surface area contributed by atoms with Crippen molar-refractivity contribution in [1.82, 2.24) is 4.57 Å². The molecule has 4 heteroatoms. The zero-order chi connectivity index (χ0) is 14.0. The molecule has 0 saturated heterocycles. The molecular formula is C15H17Cl2NO. The van der Waals surface area contributed by atoms with Crippen molar-refractivity contribution in [3.63, 3.8) is 0 Å². The van der Waals surface area contributed by atoms with Gasteiger partial charge in [-0.05, 0) is 41.3 Å². The molecule has 0 saturated carbocycles. The summed E-state index contributed by atoms with van der Waals surface area (Å²) in [5, 5.41) is 11.4. The van der Waals surface area contributed by atoms with E-state index in [0.29, 0.717) is 16.6 Å². The minimum absolute atomic E-state index is 0.200. The highest BCUT2D eigenvalue weighted by atomic mass is 35.5. The third kappa shape index (κ3) is 3.53. The van der Waals surface area contributed by atoms with Gasteiger partial charge in [-0.1, -0.05) is 37.0 Å². The van der Waals surface area contributed by atoms with E-state index in [9.17, 15) is 5.11 Å². The highest BCUT2D eigenvalue weighted by molar-refractivity contribution is 6.33. The lowest BCUT2D eigenvalue weighted by Crippen LogP contribution is -2.04. The molecule has 0 bridgehead atoms. The molecule has 0 aliphatic carbocycles. The Morgan fingerprint density at radius 2 is 1.95 bits per heavy atom.